The van der Waals surface area contributed by atoms with Crippen LogP contribution >= 0.6 is 0 Å². The highest BCUT2D eigenvalue weighted by atomic mass is 19.1. The molecule has 132 valence electrons. The second kappa shape index (κ2) is 6.67. The molecule has 1 N–H and O–H groups in total. The predicted octanol–water partition coefficient (Wildman–Crippen LogP) is 4.25. The average Bonchev–Trinajstić information content (AvgIpc) is 3.11. The summed E-state index contributed by atoms with van der Waals surface area (Å²) in [4.78, 5) is 17.5. The summed E-state index contributed by atoms with van der Waals surface area (Å²) in [6.45, 7) is 1.04. The van der Waals surface area contributed by atoms with Crippen LogP contribution in [0.5, 0.6) is 5.75 Å². The summed E-state index contributed by atoms with van der Waals surface area (Å²) >= 11 is 0. The maximum Gasteiger partial charge on any atom is 0.257 e. The molecule has 0 aliphatic carbocycles. The van der Waals surface area contributed by atoms with Crippen molar-refractivity contribution in [2.45, 2.75) is 6.42 Å². The van der Waals surface area contributed by atoms with Crippen LogP contribution in [0.25, 0.3) is 16.5 Å². The SMILES string of the molecule is COc1ccc2[nH]cc(C3=CCN(C(=O)c4ccccc4F)CC3)c2c1. The molecule has 0 fully saturated rings. The van der Waals surface area contributed by atoms with Gasteiger partial charge in [0.15, 0.2) is 0 Å². The molecule has 1 aromatic heterocycles. The van der Waals surface area contributed by atoms with Crippen molar-refractivity contribution in [1.29, 1.82) is 0 Å². The van der Waals surface area contributed by atoms with Crippen LogP contribution in [0.4, 0.5) is 4.39 Å². The van der Waals surface area contributed by atoms with E-state index in [9.17, 15) is 9.18 Å². The molecule has 4 nitrogen and oxygen atoms in total. The van der Waals surface area contributed by atoms with Gasteiger partial charge in [-0.25, -0.2) is 4.39 Å². The molecule has 1 amide bonds. The van der Waals surface area contributed by atoms with Gasteiger partial charge in [0.2, 0.25) is 0 Å². The van der Waals surface area contributed by atoms with E-state index in [0.29, 0.717) is 13.1 Å². The number of nitrogens with zero attached hydrogens (tertiary/aromatic N) is 1. The Labute approximate surface area is 150 Å². The third kappa shape index (κ3) is 2.86. The second-order valence-corrected chi connectivity index (χ2v) is 6.32. The fourth-order valence-electron chi connectivity index (χ4n) is 3.40. The summed E-state index contributed by atoms with van der Waals surface area (Å²) in [5.74, 6) is 0.0705. The van der Waals surface area contributed by atoms with Crippen LogP contribution in [0.3, 0.4) is 0 Å². The zero-order valence-electron chi connectivity index (χ0n) is 14.5. The summed E-state index contributed by atoms with van der Waals surface area (Å²) in [5, 5.41) is 1.10. The average molecular weight is 350 g/mol. The largest absolute Gasteiger partial charge is 0.497 e. The number of rotatable bonds is 3. The van der Waals surface area contributed by atoms with E-state index < -0.39 is 5.82 Å². The highest BCUT2D eigenvalue weighted by Crippen LogP contribution is 2.31. The number of aromatic nitrogens is 1. The van der Waals surface area contributed by atoms with E-state index in [2.05, 4.69) is 4.98 Å². The molecule has 4 rings (SSSR count). The van der Waals surface area contributed by atoms with Gasteiger partial charge in [0.25, 0.3) is 5.91 Å². The van der Waals surface area contributed by atoms with Crippen LogP contribution in [0, 0.1) is 5.82 Å². The number of benzene rings is 2. The van der Waals surface area contributed by atoms with E-state index in [4.69, 9.17) is 4.74 Å². The zero-order valence-corrected chi connectivity index (χ0v) is 14.5. The van der Waals surface area contributed by atoms with Crippen molar-refractivity contribution in [2.24, 2.45) is 0 Å². The number of carbonyl (C=O) groups excluding carboxylic acids is 1. The number of hydrogen-bond donors (Lipinski definition) is 1. The molecule has 2 heterocycles. The smallest absolute Gasteiger partial charge is 0.257 e. The third-order valence-corrected chi connectivity index (χ3v) is 4.84. The van der Waals surface area contributed by atoms with E-state index in [-0.39, 0.29) is 11.5 Å². The van der Waals surface area contributed by atoms with Crippen LogP contribution in [0.1, 0.15) is 22.3 Å². The van der Waals surface area contributed by atoms with E-state index in [0.717, 1.165) is 28.6 Å². The van der Waals surface area contributed by atoms with Crippen molar-refractivity contribution in [2.75, 3.05) is 20.2 Å². The molecular formula is C21H19FN2O2. The Bertz CT molecular complexity index is 1010. The van der Waals surface area contributed by atoms with Gasteiger partial charge in [0.05, 0.1) is 12.7 Å². The number of hydrogen-bond acceptors (Lipinski definition) is 2. The van der Waals surface area contributed by atoms with Gasteiger partial charge in [-0.05, 0) is 42.3 Å². The van der Waals surface area contributed by atoms with Crippen molar-refractivity contribution in [3.05, 3.63) is 71.7 Å². The quantitative estimate of drug-likeness (QED) is 0.768. The molecule has 0 radical (unpaired) electrons. The Morgan fingerprint density at radius 2 is 2.08 bits per heavy atom. The second-order valence-electron chi connectivity index (χ2n) is 6.32. The summed E-state index contributed by atoms with van der Waals surface area (Å²) in [6, 6.07) is 12.0. The number of nitrogens with one attached hydrogen (secondary N) is 1. The van der Waals surface area contributed by atoms with Crippen LogP contribution in [0.2, 0.25) is 0 Å². The Morgan fingerprint density at radius 3 is 2.81 bits per heavy atom. The monoisotopic (exact) mass is 350 g/mol. The normalized spacial score (nSPS) is 14.4. The predicted molar refractivity (Wildman–Crippen MR) is 99.7 cm³/mol. The molecule has 26 heavy (non-hydrogen) atoms. The van der Waals surface area contributed by atoms with Gasteiger partial charge in [-0.2, -0.15) is 0 Å². The highest BCUT2D eigenvalue weighted by molar-refractivity contribution is 5.96. The zero-order chi connectivity index (χ0) is 18.1. The molecule has 1 aliphatic rings. The number of H-pyrrole nitrogens is 1. The topological polar surface area (TPSA) is 45.3 Å². The number of ether oxygens (including phenoxy) is 1. The molecule has 0 saturated carbocycles. The van der Waals surface area contributed by atoms with Crippen molar-refractivity contribution < 1.29 is 13.9 Å². The fraction of sp³-hybridized carbons (Fsp3) is 0.190. The molecule has 0 bridgehead atoms. The maximum absolute atomic E-state index is 13.9. The number of carbonyl (C=O) groups is 1. The highest BCUT2D eigenvalue weighted by Gasteiger charge is 2.22. The Balaban J connectivity index is 1.58. The van der Waals surface area contributed by atoms with Gasteiger partial charge >= 0.3 is 0 Å². The first-order valence-corrected chi connectivity index (χ1v) is 8.55. The molecule has 0 spiro atoms. The third-order valence-electron chi connectivity index (χ3n) is 4.84. The maximum atomic E-state index is 13.9. The van der Waals surface area contributed by atoms with Gasteiger partial charge in [-0.1, -0.05) is 18.2 Å². The number of fused-ring (bicyclic) bond motifs is 1. The van der Waals surface area contributed by atoms with Gasteiger partial charge in [-0.15, -0.1) is 0 Å². The van der Waals surface area contributed by atoms with Crippen LogP contribution < -0.4 is 4.74 Å². The molecule has 1 aliphatic heterocycles. The van der Waals surface area contributed by atoms with E-state index >= 15 is 0 Å². The van der Waals surface area contributed by atoms with Gasteiger partial charge in [-0.3, -0.25) is 4.79 Å². The molecular weight excluding hydrogens is 331 g/mol. The summed E-state index contributed by atoms with van der Waals surface area (Å²) < 4.78 is 19.2. The summed E-state index contributed by atoms with van der Waals surface area (Å²) in [7, 11) is 1.65. The first kappa shape index (κ1) is 16.4. The minimum Gasteiger partial charge on any atom is -0.497 e. The van der Waals surface area contributed by atoms with Crippen LogP contribution in [-0.4, -0.2) is 36.0 Å². The summed E-state index contributed by atoms with van der Waals surface area (Å²) in [5.41, 5.74) is 3.48. The first-order valence-electron chi connectivity index (χ1n) is 8.55. The Hall–Kier alpha value is -3.08. The number of methoxy groups -OCH3 is 1. The van der Waals surface area contributed by atoms with Crippen molar-refractivity contribution >= 4 is 22.4 Å². The lowest BCUT2D eigenvalue weighted by molar-refractivity contribution is 0.0768. The minimum atomic E-state index is -0.476. The molecule has 0 unspecified atom stereocenters. The number of halogens is 1. The lowest BCUT2D eigenvalue weighted by Gasteiger charge is -2.26. The van der Waals surface area contributed by atoms with Gasteiger partial charge in [0.1, 0.15) is 11.6 Å². The fourth-order valence-corrected chi connectivity index (χ4v) is 3.40. The summed E-state index contributed by atoms with van der Waals surface area (Å²) in [6.07, 6.45) is 4.76. The van der Waals surface area contributed by atoms with E-state index in [1.54, 1.807) is 24.1 Å². The minimum absolute atomic E-state index is 0.126. The first-order chi connectivity index (χ1) is 12.7. The van der Waals surface area contributed by atoms with E-state index in [1.807, 2.05) is 30.5 Å². The number of amides is 1. The Kier molecular flexibility index (Phi) is 4.21. The molecule has 0 saturated heterocycles. The lowest BCUT2D eigenvalue weighted by atomic mass is 9.98. The van der Waals surface area contributed by atoms with Gasteiger partial charge < -0.3 is 14.6 Å². The standard InChI is InChI=1S/C21H19FN2O2/c1-26-15-6-7-20-17(12-15)18(13-23-20)14-8-10-24(11-9-14)21(25)16-4-2-3-5-19(16)22/h2-8,12-13,23H,9-11H2,1H3. The Morgan fingerprint density at radius 1 is 1.23 bits per heavy atom. The van der Waals surface area contributed by atoms with E-state index in [1.165, 1.54) is 17.7 Å². The molecule has 0 atom stereocenters. The van der Waals surface area contributed by atoms with Crippen LogP contribution in [-0.2, 0) is 0 Å². The molecule has 5 heteroatoms. The number of aromatic amines is 1. The van der Waals surface area contributed by atoms with Gasteiger partial charge in [0, 0.05) is 35.8 Å². The molecule has 3 aromatic rings. The van der Waals surface area contributed by atoms with Crippen molar-refractivity contribution in [3.8, 4) is 5.75 Å². The van der Waals surface area contributed by atoms with Crippen molar-refractivity contribution in [3.63, 3.8) is 0 Å². The van der Waals surface area contributed by atoms with Crippen LogP contribution in [0.15, 0.2) is 54.7 Å². The lowest BCUT2D eigenvalue weighted by Crippen LogP contribution is -2.35. The van der Waals surface area contributed by atoms with Crippen molar-refractivity contribution in [1.82, 2.24) is 9.88 Å². The molecule has 2 aromatic carbocycles.